The molecule has 1 N–H and O–H groups in total. The number of hydrogen-bond acceptors (Lipinski definition) is 4. The molecule has 5 nitrogen and oxygen atoms in total. The van der Waals surface area contributed by atoms with Crippen LogP contribution in [0.3, 0.4) is 0 Å². The van der Waals surface area contributed by atoms with Crippen molar-refractivity contribution in [3.8, 4) is 0 Å². The Hall–Kier alpha value is -2.00. The second-order valence-electron chi connectivity index (χ2n) is 5.49. The van der Waals surface area contributed by atoms with E-state index in [2.05, 4.69) is 32.9 Å². The Kier molecular flexibility index (Phi) is 5.64. The highest BCUT2D eigenvalue weighted by Gasteiger charge is 2.15. The number of aromatic nitrogens is 1. The number of benzene rings is 2. The van der Waals surface area contributed by atoms with Crippen LogP contribution in [0.15, 0.2) is 48.5 Å². The largest absolute Gasteiger partial charge is 0.343 e. The van der Waals surface area contributed by atoms with Gasteiger partial charge in [0.25, 0.3) is 5.91 Å². The number of likely N-dealkylation sites (N-methyl/N-ethyl adjacent to an activating group) is 1. The number of rotatable bonds is 5. The Bertz CT molecular complexity index is 892. The summed E-state index contributed by atoms with van der Waals surface area (Å²) in [4.78, 5) is 30.5. The fraction of sp³-hybridized carbons (Fsp3) is 0.167. The first-order valence-electron chi connectivity index (χ1n) is 7.66. The second kappa shape index (κ2) is 7.92. The zero-order valence-electron chi connectivity index (χ0n) is 13.5. The number of halogens is 1. The first-order valence-corrected chi connectivity index (χ1v) is 9.55. The molecule has 25 heavy (non-hydrogen) atoms. The first kappa shape index (κ1) is 17.8. The Labute approximate surface area is 163 Å². The maximum Gasteiger partial charge on any atom is 0.252 e. The summed E-state index contributed by atoms with van der Waals surface area (Å²) in [7, 11) is 1.72. The molecule has 0 aliphatic rings. The molecule has 0 radical (unpaired) electrons. The molecule has 0 unspecified atom stereocenters. The highest BCUT2D eigenvalue weighted by molar-refractivity contribution is 14.1. The minimum atomic E-state index is -0.244. The van der Waals surface area contributed by atoms with Crippen LogP contribution in [0, 0.1) is 3.57 Å². The van der Waals surface area contributed by atoms with Gasteiger partial charge in [0.2, 0.25) is 5.91 Å². The Morgan fingerprint density at radius 3 is 2.64 bits per heavy atom. The molecule has 128 valence electrons. The lowest BCUT2D eigenvalue weighted by Gasteiger charge is -2.16. The number of fused-ring (bicyclic) bond motifs is 1. The van der Waals surface area contributed by atoms with Gasteiger partial charge in [0, 0.05) is 10.6 Å². The number of carbonyl (C=O) groups is 2. The van der Waals surface area contributed by atoms with Gasteiger partial charge < -0.3 is 10.2 Å². The van der Waals surface area contributed by atoms with Crippen LogP contribution in [0.2, 0.25) is 0 Å². The van der Waals surface area contributed by atoms with E-state index in [1.165, 1.54) is 0 Å². The molecule has 0 spiro atoms. The quantitative estimate of drug-likeness (QED) is 0.589. The van der Waals surface area contributed by atoms with Gasteiger partial charge in [-0.25, -0.2) is 4.98 Å². The average molecular weight is 465 g/mol. The van der Waals surface area contributed by atoms with Crippen LogP contribution in [-0.4, -0.2) is 35.3 Å². The number of nitrogens with one attached hydrogen (secondary N) is 1. The van der Waals surface area contributed by atoms with Crippen LogP contribution in [0.4, 0.5) is 0 Å². The van der Waals surface area contributed by atoms with E-state index in [4.69, 9.17) is 0 Å². The van der Waals surface area contributed by atoms with Gasteiger partial charge in [0.15, 0.2) is 0 Å². The number of thiazole rings is 1. The molecular weight excluding hydrogens is 449 g/mol. The molecule has 2 amide bonds. The number of para-hydroxylation sites is 1. The predicted molar refractivity (Wildman–Crippen MR) is 108 cm³/mol. The summed E-state index contributed by atoms with van der Waals surface area (Å²) >= 11 is 3.68. The molecule has 0 atom stereocenters. The Morgan fingerprint density at radius 1 is 1.16 bits per heavy atom. The monoisotopic (exact) mass is 465 g/mol. The maximum atomic E-state index is 12.3. The zero-order chi connectivity index (χ0) is 17.8. The third-order valence-corrected chi connectivity index (χ3v) is 5.62. The lowest BCUT2D eigenvalue weighted by Crippen LogP contribution is -2.38. The van der Waals surface area contributed by atoms with Crippen LogP contribution in [-0.2, 0) is 11.3 Å². The number of hydrogen-bond donors (Lipinski definition) is 1. The van der Waals surface area contributed by atoms with E-state index in [1.54, 1.807) is 35.4 Å². The molecule has 0 aliphatic heterocycles. The predicted octanol–water partition coefficient (Wildman–Crippen LogP) is 3.29. The minimum absolute atomic E-state index is 0.0365. The second-order valence-corrected chi connectivity index (χ2v) is 7.77. The Morgan fingerprint density at radius 2 is 1.88 bits per heavy atom. The summed E-state index contributed by atoms with van der Waals surface area (Å²) in [5.41, 5.74) is 1.51. The maximum absolute atomic E-state index is 12.3. The van der Waals surface area contributed by atoms with Crippen molar-refractivity contribution in [1.82, 2.24) is 15.2 Å². The molecule has 0 bridgehead atoms. The van der Waals surface area contributed by atoms with Gasteiger partial charge in [-0.1, -0.05) is 24.3 Å². The van der Waals surface area contributed by atoms with E-state index in [9.17, 15) is 9.59 Å². The third kappa shape index (κ3) is 4.35. The van der Waals surface area contributed by atoms with Crippen molar-refractivity contribution in [3.63, 3.8) is 0 Å². The highest BCUT2D eigenvalue weighted by atomic mass is 127. The van der Waals surface area contributed by atoms with Crippen LogP contribution in [0.1, 0.15) is 15.4 Å². The molecule has 0 saturated carbocycles. The van der Waals surface area contributed by atoms with Gasteiger partial charge in [-0.2, -0.15) is 0 Å². The van der Waals surface area contributed by atoms with E-state index in [-0.39, 0.29) is 18.4 Å². The van der Waals surface area contributed by atoms with Gasteiger partial charge in [-0.3, -0.25) is 9.59 Å². The summed E-state index contributed by atoms with van der Waals surface area (Å²) < 4.78 is 1.96. The topological polar surface area (TPSA) is 62.3 Å². The molecule has 3 aromatic rings. The van der Waals surface area contributed by atoms with Crippen LogP contribution in [0.5, 0.6) is 0 Å². The van der Waals surface area contributed by atoms with Crippen LogP contribution >= 0.6 is 33.9 Å². The van der Waals surface area contributed by atoms with Crippen molar-refractivity contribution >= 4 is 56.0 Å². The lowest BCUT2D eigenvalue weighted by molar-refractivity contribution is -0.129. The van der Waals surface area contributed by atoms with E-state index < -0.39 is 0 Å². The minimum Gasteiger partial charge on any atom is -0.343 e. The van der Waals surface area contributed by atoms with E-state index in [0.717, 1.165) is 18.8 Å². The summed E-state index contributed by atoms with van der Waals surface area (Å²) in [5, 5.41) is 3.56. The third-order valence-electron chi connectivity index (χ3n) is 3.66. The molecule has 1 heterocycles. The smallest absolute Gasteiger partial charge is 0.252 e. The van der Waals surface area contributed by atoms with Gasteiger partial charge in [-0.15, -0.1) is 11.3 Å². The molecule has 0 fully saturated rings. The zero-order valence-corrected chi connectivity index (χ0v) is 16.5. The molecule has 3 rings (SSSR count). The lowest BCUT2D eigenvalue weighted by atomic mass is 10.2. The summed E-state index contributed by atoms with van der Waals surface area (Å²) in [5.74, 6) is -0.398. The molecule has 0 saturated heterocycles. The van der Waals surface area contributed by atoms with E-state index in [0.29, 0.717) is 12.1 Å². The normalized spacial score (nSPS) is 10.6. The van der Waals surface area contributed by atoms with Crippen molar-refractivity contribution in [1.29, 1.82) is 0 Å². The number of carbonyl (C=O) groups excluding carboxylic acids is 2. The molecular formula is C18H16IN3O2S. The molecule has 1 aromatic heterocycles. The van der Waals surface area contributed by atoms with Crippen molar-refractivity contribution in [2.75, 3.05) is 13.6 Å². The van der Waals surface area contributed by atoms with Gasteiger partial charge in [0.1, 0.15) is 5.01 Å². The Balaban J connectivity index is 1.57. The SMILES string of the molecule is CN(Cc1nc2ccccc2s1)C(=O)CNC(=O)c1ccccc1I. The van der Waals surface area contributed by atoms with Gasteiger partial charge in [-0.05, 0) is 46.9 Å². The van der Waals surface area contributed by atoms with Crippen molar-refractivity contribution in [2.45, 2.75) is 6.54 Å². The van der Waals surface area contributed by atoms with Crippen LogP contribution in [0.25, 0.3) is 10.2 Å². The van der Waals surface area contributed by atoms with E-state index in [1.807, 2.05) is 36.4 Å². The highest BCUT2D eigenvalue weighted by Crippen LogP contribution is 2.22. The van der Waals surface area contributed by atoms with Crippen molar-refractivity contribution < 1.29 is 9.59 Å². The standard InChI is InChI=1S/C18H16IN3O2S/c1-22(11-16-21-14-8-4-5-9-15(14)25-16)17(23)10-20-18(24)12-6-2-3-7-13(12)19/h2-9H,10-11H2,1H3,(H,20,24). The van der Waals surface area contributed by atoms with Crippen molar-refractivity contribution in [3.05, 3.63) is 62.7 Å². The summed E-state index contributed by atoms with van der Waals surface area (Å²) in [6.07, 6.45) is 0. The first-order chi connectivity index (χ1) is 12.0. The average Bonchev–Trinajstić information content (AvgIpc) is 3.01. The van der Waals surface area contributed by atoms with Gasteiger partial charge in [0.05, 0.1) is 28.9 Å². The summed E-state index contributed by atoms with van der Waals surface area (Å²) in [6.45, 7) is 0.391. The van der Waals surface area contributed by atoms with E-state index >= 15 is 0 Å². The molecule has 7 heteroatoms. The summed E-state index contributed by atoms with van der Waals surface area (Å²) in [6, 6.07) is 15.2. The number of nitrogens with zero attached hydrogens (tertiary/aromatic N) is 2. The van der Waals surface area contributed by atoms with Crippen molar-refractivity contribution in [2.24, 2.45) is 0 Å². The number of amides is 2. The fourth-order valence-corrected chi connectivity index (χ4v) is 3.96. The molecule has 2 aromatic carbocycles. The van der Waals surface area contributed by atoms with Gasteiger partial charge >= 0.3 is 0 Å². The fourth-order valence-electron chi connectivity index (χ4n) is 2.31. The molecule has 0 aliphatic carbocycles. The van der Waals surface area contributed by atoms with Crippen LogP contribution < -0.4 is 5.32 Å².